The molecule has 2 aromatic rings. The Morgan fingerprint density at radius 1 is 1.07 bits per heavy atom. The fourth-order valence-corrected chi connectivity index (χ4v) is 2.29. The molecule has 8 nitrogen and oxygen atoms in total. The van der Waals surface area contributed by atoms with Crippen LogP contribution in [-0.4, -0.2) is 23.0 Å². The molecule has 0 aliphatic carbocycles. The molecule has 0 aromatic heterocycles. The number of hydrazone groups is 1. The van der Waals surface area contributed by atoms with E-state index in [1.54, 1.807) is 12.1 Å². The predicted molar refractivity (Wildman–Crippen MR) is 103 cm³/mol. The van der Waals surface area contributed by atoms with Crippen molar-refractivity contribution in [1.29, 1.82) is 0 Å². The Kier molecular flexibility index (Phi) is 7.27. The Morgan fingerprint density at radius 3 is 2.41 bits per heavy atom. The summed E-state index contributed by atoms with van der Waals surface area (Å²) >= 11 is 11.8. The molecule has 0 saturated carbocycles. The van der Waals surface area contributed by atoms with Crippen LogP contribution in [0.15, 0.2) is 47.6 Å². The number of hydrogen-bond donors (Lipinski definition) is 2. The van der Waals surface area contributed by atoms with Gasteiger partial charge in [0.25, 0.3) is 5.69 Å². The number of nitrogens with one attached hydrogen (secondary N) is 2. The first-order valence-electron chi connectivity index (χ1n) is 7.66. The standard InChI is InChI=1S/C17H14Cl2N4O4/c18-12-3-6-14(19)15(9-12)21-16(24)7-8-17(25)22-20-10-11-1-4-13(5-2-11)23(26)27/h1-6,9-10H,7-8H2,(H,21,24)(H,22,25)/b20-10+. The van der Waals surface area contributed by atoms with Gasteiger partial charge in [0.2, 0.25) is 11.8 Å². The van der Waals surface area contributed by atoms with Gasteiger partial charge in [-0.3, -0.25) is 19.7 Å². The van der Waals surface area contributed by atoms with Gasteiger partial charge < -0.3 is 5.32 Å². The summed E-state index contributed by atoms with van der Waals surface area (Å²) in [5.41, 5.74) is 3.18. The topological polar surface area (TPSA) is 114 Å². The van der Waals surface area contributed by atoms with Crippen molar-refractivity contribution in [2.75, 3.05) is 5.32 Å². The molecule has 0 unspecified atom stereocenters. The van der Waals surface area contributed by atoms with Gasteiger partial charge in [-0.05, 0) is 35.9 Å². The van der Waals surface area contributed by atoms with Crippen LogP contribution in [0.4, 0.5) is 11.4 Å². The number of nitro benzene ring substituents is 1. The number of carbonyl (C=O) groups excluding carboxylic acids is 2. The average Bonchev–Trinajstić information content (AvgIpc) is 2.63. The summed E-state index contributed by atoms with van der Waals surface area (Å²) in [6.45, 7) is 0. The highest BCUT2D eigenvalue weighted by molar-refractivity contribution is 6.35. The van der Waals surface area contributed by atoms with Gasteiger partial charge in [0.05, 0.1) is 21.8 Å². The smallest absolute Gasteiger partial charge is 0.269 e. The summed E-state index contributed by atoms with van der Waals surface area (Å²) in [4.78, 5) is 33.6. The highest BCUT2D eigenvalue weighted by atomic mass is 35.5. The van der Waals surface area contributed by atoms with E-state index in [1.165, 1.54) is 36.5 Å². The molecule has 2 aromatic carbocycles. The van der Waals surface area contributed by atoms with Crippen LogP contribution in [-0.2, 0) is 9.59 Å². The zero-order valence-corrected chi connectivity index (χ0v) is 15.3. The van der Waals surface area contributed by atoms with Crippen molar-refractivity contribution in [1.82, 2.24) is 5.43 Å². The maximum absolute atomic E-state index is 11.9. The molecule has 0 saturated heterocycles. The van der Waals surface area contributed by atoms with Gasteiger partial charge in [-0.25, -0.2) is 5.43 Å². The van der Waals surface area contributed by atoms with E-state index in [0.717, 1.165) is 0 Å². The van der Waals surface area contributed by atoms with Gasteiger partial charge in [-0.2, -0.15) is 5.10 Å². The Hall–Kier alpha value is -2.97. The van der Waals surface area contributed by atoms with Crippen LogP contribution in [0.1, 0.15) is 18.4 Å². The van der Waals surface area contributed by atoms with Crippen molar-refractivity contribution in [3.63, 3.8) is 0 Å². The lowest BCUT2D eigenvalue weighted by atomic mass is 10.2. The van der Waals surface area contributed by atoms with E-state index in [0.29, 0.717) is 21.3 Å². The first-order chi connectivity index (χ1) is 12.8. The summed E-state index contributed by atoms with van der Waals surface area (Å²) in [6.07, 6.45) is 1.19. The molecule has 0 heterocycles. The molecule has 2 N–H and O–H groups in total. The zero-order chi connectivity index (χ0) is 19.8. The number of amides is 2. The summed E-state index contributed by atoms with van der Waals surface area (Å²) in [5.74, 6) is -0.853. The number of benzene rings is 2. The van der Waals surface area contributed by atoms with Gasteiger partial charge >= 0.3 is 0 Å². The second-order valence-corrected chi connectivity index (χ2v) is 6.16. The molecule has 0 spiro atoms. The first kappa shape index (κ1) is 20.3. The van der Waals surface area contributed by atoms with Gasteiger partial charge in [0, 0.05) is 30.0 Å². The number of nitro groups is 1. The Balaban J connectivity index is 1.77. The largest absolute Gasteiger partial charge is 0.325 e. The molecule has 0 bridgehead atoms. The third-order valence-electron chi connectivity index (χ3n) is 3.29. The van der Waals surface area contributed by atoms with Crippen LogP contribution in [0.2, 0.25) is 10.0 Å². The molecule has 10 heteroatoms. The Bertz CT molecular complexity index is 885. The number of hydrogen-bond acceptors (Lipinski definition) is 5. The van der Waals surface area contributed by atoms with Crippen LogP contribution in [0.25, 0.3) is 0 Å². The molecular formula is C17H14Cl2N4O4. The van der Waals surface area contributed by atoms with Crippen LogP contribution in [0, 0.1) is 10.1 Å². The summed E-state index contributed by atoms with van der Waals surface area (Å²) < 4.78 is 0. The highest BCUT2D eigenvalue weighted by Gasteiger charge is 2.09. The maximum Gasteiger partial charge on any atom is 0.269 e. The van der Waals surface area contributed by atoms with E-state index < -0.39 is 16.7 Å². The lowest BCUT2D eigenvalue weighted by Gasteiger charge is -2.07. The van der Waals surface area contributed by atoms with Crippen LogP contribution < -0.4 is 10.7 Å². The van der Waals surface area contributed by atoms with E-state index in [9.17, 15) is 19.7 Å². The van der Waals surface area contributed by atoms with Crippen molar-refractivity contribution >= 4 is 52.6 Å². The van der Waals surface area contributed by atoms with E-state index in [-0.39, 0.29) is 18.5 Å². The molecule has 0 atom stereocenters. The lowest BCUT2D eigenvalue weighted by Crippen LogP contribution is -2.20. The van der Waals surface area contributed by atoms with Gasteiger partial charge in [-0.15, -0.1) is 0 Å². The third-order valence-corrected chi connectivity index (χ3v) is 3.85. The number of halogens is 2. The molecule has 0 radical (unpaired) electrons. The molecular weight excluding hydrogens is 395 g/mol. The summed E-state index contributed by atoms with van der Waals surface area (Å²) in [5, 5.41) is 17.6. The van der Waals surface area contributed by atoms with Crippen LogP contribution in [0.3, 0.4) is 0 Å². The number of carbonyl (C=O) groups is 2. The Morgan fingerprint density at radius 2 is 1.74 bits per heavy atom. The summed E-state index contributed by atoms with van der Waals surface area (Å²) in [6, 6.07) is 10.3. The van der Waals surface area contributed by atoms with E-state index in [2.05, 4.69) is 15.8 Å². The second kappa shape index (κ2) is 9.65. The van der Waals surface area contributed by atoms with Gasteiger partial charge in [0.15, 0.2) is 0 Å². The minimum atomic E-state index is -0.510. The summed E-state index contributed by atoms with van der Waals surface area (Å²) in [7, 11) is 0. The minimum absolute atomic E-state index is 0.0398. The molecule has 0 aliphatic heterocycles. The first-order valence-corrected chi connectivity index (χ1v) is 8.42. The van der Waals surface area contributed by atoms with Crippen LogP contribution in [0.5, 0.6) is 0 Å². The van der Waals surface area contributed by atoms with Crippen molar-refractivity contribution in [2.45, 2.75) is 12.8 Å². The highest BCUT2D eigenvalue weighted by Crippen LogP contribution is 2.25. The lowest BCUT2D eigenvalue weighted by molar-refractivity contribution is -0.384. The van der Waals surface area contributed by atoms with Crippen LogP contribution >= 0.6 is 23.2 Å². The number of anilines is 1. The number of non-ortho nitro benzene ring substituents is 1. The molecule has 0 aliphatic rings. The quantitative estimate of drug-likeness (QED) is 0.412. The minimum Gasteiger partial charge on any atom is -0.325 e. The predicted octanol–water partition coefficient (Wildman–Crippen LogP) is 3.77. The Labute approximate surface area is 164 Å². The molecule has 27 heavy (non-hydrogen) atoms. The molecule has 2 rings (SSSR count). The fourth-order valence-electron chi connectivity index (χ4n) is 1.95. The molecule has 0 fully saturated rings. The normalized spacial score (nSPS) is 10.6. The number of rotatable bonds is 7. The average molecular weight is 409 g/mol. The van der Waals surface area contributed by atoms with E-state index in [4.69, 9.17) is 23.2 Å². The van der Waals surface area contributed by atoms with E-state index >= 15 is 0 Å². The van der Waals surface area contributed by atoms with Gasteiger partial charge in [-0.1, -0.05) is 23.2 Å². The molecule has 140 valence electrons. The maximum atomic E-state index is 11.9. The number of nitrogens with zero attached hydrogens (tertiary/aromatic N) is 2. The van der Waals surface area contributed by atoms with Crippen molar-refractivity contribution in [2.24, 2.45) is 5.10 Å². The second-order valence-electron chi connectivity index (χ2n) is 5.31. The van der Waals surface area contributed by atoms with Crippen molar-refractivity contribution in [3.05, 3.63) is 68.2 Å². The molecule has 2 amide bonds. The fraction of sp³-hybridized carbons (Fsp3) is 0.118. The SMILES string of the molecule is O=C(CCC(=O)Nc1cc(Cl)ccc1Cl)N/N=C/c1ccc([N+](=O)[O-])cc1. The van der Waals surface area contributed by atoms with Crippen molar-refractivity contribution < 1.29 is 14.5 Å². The third kappa shape index (κ3) is 6.69. The van der Waals surface area contributed by atoms with Crippen molar-refractivity contribution in [3.8, 4) is 0 Å². The van der Waals surface area contributed by atoms with Gasteiger partial charge in [0.1, 0.15) is 0 Å². The zero-order valence-electron chi connectivity index (χ0n) is 13.8. The van der Waals surface area contributed by atoms with E-state index in [1.807, 2.05) is 0 Å². The monoisotopic (exact) mass is 408 g/mol.